The SMILES string of the molecule is CC(=O)CCCC(=O)OCOC(=O)CCCCC1CCSS1. The van der Waals surface area contributed by atoms with Gasteiger partial charge < -0.3 is 14.3 Å². The van der Waals surface area contributed by atoms with E-state index in [4.69, 9.17) is 9.47 Å². The first-order valence-corrected chi connectivity index (χ1v) is 10.0. The average molecular weight is 348 g/mol. The Labute approximate surface area is 139 Å². The van der Waals surface area contributed by atoms with E-state index in [1.807, 2.05) is 21.6 Å². The van der Waals surface area contributed by atoms with Gasteiger partial charge in [0.2, 0.25) is 6.79 Å². The molecule has 1 fully saturated rings. The Bertz CT molecular complexity index is 367. The summed E-state index contributed by atoms with van der Waals surface area (Å²) in [6.07, 6.45) is 5.63. The van der Waals surface area contributed by atoms with E-state index in [0.717, 1.165) is 24.5 Å². The summed E-state index contributed by atoms with van der Waals surface area (Å²) < 4.78 is 9.64. The summed E-state index contributed by atoms with van der Waals surface area (Å²) in [4.78, 5) is 33.5. The van der Waals surface area contributed by atoms with E-state index in [1.54, 1.807) is 0 Å². The fourth-order valence-corrected chi connectivity index (χ4v) is 5.02. The Morgan fingerprint density at radius 1 is 1.00 bits per heavy atom. The van der Waals surface area contributed by atoms with Crippen LogP contribution in [0.25, 0.3) is 0 Å². The lowest BCUT2D eigenvalue weighted by molar-refractivity contribution is -0.167. The number of esters is 2. The van der Waals surface area contributed by atoms with E-state index in [-0.39, 0.29) is 25.0 Å². The smallest absolute Gasteiger partial charge is 0.308 e. The van der Waals surface area contributed by atoms with Crippen LogP contribution >= 0.6 is 21.6 Å². The number of ketones is 1. The minimum Gasteiger partial charge on any atom is -0.428 e. The Balaban J connectivity index is 1.91. The molecule has 0 aromatic carbocycles. The molecule has 1 aliphatic heterocycles. The molecule has 7 heteroatoms. The predicted octanol–water partition coefficient (Wildman–Crippen LogP) is 3.50. The molecule has 22 heavy (non-hydrogen) atoms. The molecule has 0 radical (unpaired) electrons. The molecule has 0 amide bonds. The van der Waals surface area contributed by atoms with E-state index in [0.29, 0.717) is 19.3 Å². The Morgan fingerprint density at radius 3 is 2.27 bits per heavy atom. The quantitative estimate of drug-likeness (QED) is 0.245. The topological polar surface area (TPSA) is 69.7 Å². The van der Waals surface area contributed by atoms with Crippen LogP contribution in [-0.4, -0.2) is 35.5 Å². The zero-order valence-electron chi connectivity index (χ0n) is 13.0. The van der Waals surface area contributed by atoms with Crippen molar-refractivity contribution in [3.63, 3.8) is 0 Å². The minimum absolute atomic E-state index is 0.0498. The highest BCUT2D eigenvalue weighted by Crippen LogP contribution is 2.39. The van der Waals surface area contributed by atoms with E-state index in [1.165, 1.54) is 19.1 Å². The number of carbonyl (C=O) groups excluding carboxylic acids is 3. The molecule has 5 nitrogen and oxygen atoms in total. The zero-order chi connectivity index (χ0) is 16.2. The number of hydrogen-bond donors (Lipinski definition) is 0. The number of unbranched alkanes of at least 4 members (excludes halogenated alkanes) is 1. The molecule has 126 valence electrons. The number of Topliss-reactive ketones (excluding diaryl/α,β-unsaturated/α-hetero) is 1. The van der Waals surface area contributed by atoms with Crippen LogP contribution in [0.2, 0.25) is 0 Å². The van der Waals surface area contributed by atoms with Crippen molar-refractivity contribution in [1.82, 2.24) is 0 Å². The van der Waals surface area contributed by atoms with Gasteiger partial charge in [0.15, 0.2) is 0 Å². The fourth-order valence-electron chi connectivity index (χ4n) is 1.99. The number of hydrogen-bond acceptors (Lipinski definition) is 7. The largest absolute Gasteiger partial charge is 0.428 e. The summed E-state index contributed by atoms with van der Waals surface area (Å²) in [5.74, 6) is 0.512. The molecule has 0 N–H and O–H groups in total. The normalized spacial score (nSPS) is 17.2. The number of carbonyl (C=O) groups is 3. The molecule has 1 aliphatic rings. The summed E-state index contributed by atoms with van der Waals surface area (Å²) >= 11 is 0. The van der Waals surface area contributed by atoms with Crippen LogP contribution in [-0.2, 0) is 23.9 Å². The third-order valence-electron chi connectivity index (χ3n) is 3.23. The van der Waals surface area contributed by atoms with Gasteiger partial charge in [0.05, 0.1) is 0 Å². The maximum Gasteiger partial charge on any atom is 0.308 e. The van der Waals surface area contributed by atoms with Crippen molar-refractivity contribution in [2.45, 2.75) is 63.5 Å². The summed E-state index contributed by atoms with van der Waals surface area (Å²) in [5.41, 5.74) is 0. The van der Waals surface area contributed by atoms with Gasteiger partial charge >= 0.3 is 11.9 Å². The monoisotopic (exact) mass is 348 g/mol. The van der Waals surface area contributed by atoms with Gasteiger partial charge in [-0.05, 0) is 32.6 Å². The van der Waals surface area contributed by atoms with E-state index >= 15 is 0 Å². The average Bonchev–Trinajstić information content (AvgIpc) is 2.96. The van der Waals surface area contributed by atoms with Gasteiger partial charge in [-0.25, -0.2) is 0 Å². The first-order chi connectivity index (χ1) is 10.6. The first kappa shape index (κ1) is 19.4. The third kappa shape index (κ3) is 10.1. The third-order valence-corrected chi connectivity index (χ3v) is 6.24. The highest BCUT2D eigenvalue weighted by Gasteiger charge is 2.16. The van der Waals surface area contributed by atoms with Crippen LogP contribution in [0.15, 0.2) is 0 Å². The lowest BCUT2D eigenvalue weighted by Crippen LogP contribution is -2.12. The lowest BCUT2D eigenvalue weighted by Gasteiger charge is -2.07. The second-order valence-corrected chi connectivity index (χ2v) is 8.07. The molecule has 0 aromatic rings. The molecule has 1 saturated heterocycles. The fraction of sp³-hybridized carbons (Fsp3) is 0.800. The Morgan fingerprint density at radius 2 is 1.68 bits per heavy atom. The van der Waals surface area contributed by atoms with Crippen molar-refractivity contribution >= 4 is 39.3 Å². The van der Waals surface area contributed by atoms with Crippen molar-refractivity contribution in [1.29, 1.82) is 0 Å². The minimum atomic E-state index is -0.440. The van der Waals surface area contributed by atoms with Gasteiger partial charge in [-0.1, -0.05) is 28.0 Å². The Kier molecular flexibility index (Phi) is 10.4. The van der Waals surface area contributed by atoms with Gasteiger partial charge in [-0.15, -0.1) is 0 Å². The molecule has 1 atom stereocenters. The number of ether oxygens (including phenoxy) is 2. The van der Waals surface area contributed by atoms with Crippen LogP contribution in [0.1, 0.15) is 58.3 Å². The second kappa shape index (κ2) is 11.8. The van der Waals surface area contributed by atoms with Crippen LogP contribution < -0.4 is 0 Å². The van der Waals surface area contributed by atoms with Crippen molar-refractivity contribution < 1.29 is 23.9 Å². The molecular weight excluding hydrogens is 324 g/mol. The van der Waals surface area contributed by atoms with Gasteiger partial charge in [-0.2, -0.15) is 0 Å². The molecule has 1 unspecified atom stereocenters. The first-order valence-electron chi connectivity index (χ1n) is 7.67. The van der Waals surface area contributed by atoms with Crippen LogP contribution in [0, 0.1) is 0 Å². The van der Waals surface area contributed by atoms with Crippen LogP contribution in [0.3, 0.4) is 0 Å². The molecule has 0 spiro atoms. The van der Waals surface area contributed by atoms with E-state index in [2.05, 4.69) is 0 Å². The molecule has 0 saturated carbocycles. The van der Waals surface area contributed by atoms with Crippen molar-refractivity contribution in [2.75, 3.05) is 12.5 Å². The second-order valence-electron chi connectivity index (χ2n) is 5.28. The summed E-state index contributed by atoms with van der Waals surface area (Å²) in [6.45, 7) is 1.16. The van der Waals surface area contributed by atoms with Crippen LogP contribution in [0.4, 0.5) is 0 Å². The van der Waals surface area contributed by atoms with Gasteiger partial charge in [0.1, 0.15) is 5.78 Å². The molecule has 1 heterocycles. The molecule has 0 aliphatic carbocycles. The van der Waals surface area contributed by atoms with Crippen LogP contribution in [0.5, 0.6) is 0 Å². The van der Waals surface area contributed by atoms with Gasteiger partial charge in [-0.3, -0.25) is 9.59 Å². The maximum absolute atomic E-state index is 11.5. The molecular formula is C15H24O5S2. The molecule has 1 rings (SSSR count). The van der Waals surface area contributed by atoms with E-state index in [9.17, 15) is 14.4 Å². The van der Waals surface area contributed by atoms with Crippen molar-refractivity contribution in [2.24, 2.45) is 0 Å². The Hall–Kier alpha value is -0.690. The summed E-state index contributed by atoms with van der Waals surface area (Å²) in [7, 11) is 3.87. The number of rotatable bonds is 11. The highest BCUT2D eigenvalue weighted by atomic mass is 33.1. The lowest BCUT2D eigenvalue weighted by atomic mass is 10.1. The van der Waals surface area contributed by atoms with Crippen molar-refractivity contribution in [3.05, 3.63) is 0 Å². The zero-order valence-corrected chi connectivity index (χ0v) is 14.6. The predicted molar refractivity (Wildman–Crippen MR) is 88.5 cm³/mol. The molecule has 0 aromatic heterocycles. The molecule has 0 bridgehead atoms. The highest BCUT2D eigenvalue weighted by molar-refractivity contribution is 8.77. The summed E-state index contributed by atoms with van der Waals surface area (Å²) in [5, 5.41) is 0.733. The summed E-state index contributed by atoms with van der Waals surface area (Å²) in [6, 6.07) is 0. The van der Waals surface area contributed by atoms with Gasteiger partial charge in [0, 0.05) is 30.3 Å². The van der Waals surface area contributed by atoms with E-state index < -0.39 is 5.97 Å². The maximum atomic E-state index is 11.5. The standard InChI is InChI=1S/C15H24O5S2/c1-12(16)5-4-8-15(18)20-11-19-14(17)7-3-2-6-13-9-10-21-22-13/h13H,2-11H2,1H3. The van der Waals surface area contributed by atoms with Crippen molar-refractivity contribution in [3.8, 4) is 0 Å². The van der Waals surface area contributed by atoms with Gasteiger partial charge in [0.25, 0.3) is 0 Å².